The van der Waals surface area contributed by atoms with Crippen LogP contribution in [0.5, 0.6) is 0 Å². The highest BCUT2D eigenvalue weighted by molar-refractivity contribution is 5.88. The zero-order valence-corrected chi connectivity index (χ0v) is 9.68. The van der Waals surface area contributed by atoms with Gasteiger partial charge in [0, 0.05) is 12.8 Å². The number of aryl methyl sites for hydroxylation is 1. The highest BCUT2D eigenvalue weighted by atomic mass is 16.5. The van der Waals surface area contributed by atoms with Crippen molar-refractivity contribution in [2.75, 3.05) is 6.61 Å². The van der Waals surface area contributed by atoms with Gasteiger partial charge in [0.1, 0.15) is 5.56 Å². The number of hydrogen-bond acceptors (Lipinski definition) is 3. The van der Waals surface area contributed by atoms with E-state index in [2.05, 4.69) is 0 Å². The number of nitrogens with zero attached hydrogens (tertiary/aromatic N) is 1. The molecule has 1 aromatic rings. The van der Waals surface area contributed by atoms with Crippen LogP contribution in [0.3, 0.4) is 0 Å². The standard InChI is InChI=1S/C12H15NO4/c1-8-4-5-13(7-9-3-2-6-17-9)11(14)10(8)12(15)16/h4-5,9H,2-3,6-7H2,1H3,(H,15,16). The fraction of sp³-hybridized carbons (Fsp3) is 0.500. The average Bonchev–Trinajstić information content (AvgIpc) is 2.74. The molecule has 1 aliphatic rings. The first-order valence-corrected chi connectivity index (χ1v) is 5.64. The van der Waals surface area contributed by atoms with Crippen LogP contribution in [0.25, 0.3) is 0 Å². The Morgan fingerprint density at radius 2 is 2.41 bits per heavy atom. The number of hydrogen-bond donors (Lipinski definition) is 1. The first-order chi connectivity index (χ1) is 8.09. The normalized spacial score (nSPS) is 19.5. The molecular weight excluding hydrogens is 222 g/mol. The van der Waals surface area contributed by atoms with Crippen molar-refractivity contribution in [1.29, 1.82) is 0 Å². The molecule has 1 saturated heterocycles. The number of carboxylic acids is 1. The van der Waals surface area contributed by atoms with Gasteiger partial charge < -0.3 is 14.4 Å². The largest absolute Gasteiger partial charge is 0.477 e. The number of pyridine rings is 1. The summed E-state index contributed by atoms with van der Waals surface area (Å²) >= 11 is 0. The number of aromatic nitrogens is 1. The summed E-state index contributed by atoms with van der Waals surface area (Å²) in [6.45, 7) is 2.78. The maximum Gasteiger partial charge on any atom is 0.341 e. The fourth-order valence-corrected chi connectivity index (χ4v) is 2.08. The van der Waals surface area contributed by atoms with Crippen molar-refractivity contribution in [1.82, 2.24) is 4.57 Å². The average molecular weight is 237 g/mol. The van der Waals surface area contributed by atoms with E-state index in [9.17, 15) is 9.59 Å². The van der Waals surface area contributed by atoms with Crippen LogP contribution in [-0.4, -0.2) is 28.4 Å². The van der Waals surface area contributed by atoms with Crippen molar-refractivity contribution in [3.05, 3.63) is 33.7 Å². The molecule has 1 unspecified atom stereocenters. The molecule has 1 atom stereocenters. The number of carboxylic acid groups (broad SMARTS) is 1. The van der Waals surface area contributed by atoms with E-state index in [1.807, 2.05) is 0 Å². The third-order valence-electron chi connectivity index (χ3n) is 3.01. The number of rotatable bonds is 3. The van der Waals surface area contributed by atoms with Crippen molar-refractivity contribution in [2.45, 2.75) is 32.4 Å². The Labute approximate surface area is 98.6 Å². The first kappa shape index (κ1) is 11.9. The van der Waals surface area contributed by atoms with Crippen molar-refractivity contribution in [3.8, 4) is 0 Å². The van der Waals surface area contributed by atoms with E-state index in [0.29, 0.717) is 12.1 Å². The van der Waals surface area contributed by atoms with Gasteiger partial charge in [0.2, 0.25) is 0 Å². The van der Waals surface area contributed by atoms with E-state index in [4.69, 9.17) is 9.84 Å². The zero-order chi connectivity index (χ0) is 12.4. The molecule has 17 heavy (non-hydrogen) atoms. The van der Waals surface area contributed by atoms with E-state index in [1.165, 1.54) is 4.57 Å². The molecule has 0 aliphatic carbocycles. The fourth-order valence-electron chi connectivity index (χ4n) is 2.08. The van der Waals surface area contributed by atoms with Gasteiger partial charge in [-0.25, -0.2) is 4.79 Å². The van der Waals surface area contributed by atoms with Gasteiger partial charge >= 0.3 is 5.97 Å². The second-order valence-corrected chi connectivity index (χ2v) is 4.27. The molecular formula is C12H15NO4. The Balaban J connectivity index is 2.32. The monoisotopic (exact) mass is 237 g/mol. The minimum atomic E-state index is -1.17. The van der Waals surface area contributed by atoms with E-state index in [0.717, 1.165) is 19.4 Å². The third-order valence-corrected chi connectivity index (χ3v) is 3.01. The van der Waals surface area contributed by atoms with Crippen molar-refractivity contribution < 1.29 is 14.6 Å². The number of aromatic carboxylic acids is 1. The topological polar surface area (TPSA) is 68.5 Å². The van der Waals surface area contributed by atoms with E-state index in [1.54, 1.807) is 19.2 Å². The summed E-state index contributed by atoms with van der Waals surface area (Å²) in [7, 11) is 0. The van der Waals surface area contributed by atoms with Crippen LogP contribution in [0.2, 0.25) is 0 Å². The van der Waals surface area contributed by atoms with Crippen LogP contribution in [0.4, 0.5) is 0 Å². The molecule has 0 spiro atoms. The lowest BCUT2D eigenvalue weighted by atomic mass is 10.1. The van der Waals surface area contributed by atoms with Crippen LogP contribution in [0, 0.1) is 6.92 Å². The molecule has 2 rings (SSSR count). The van der Waals surface area contributed by atoms with Gasteiger partial charge in [-0.05, 0) is 31.4 Å². The third kappa shape index (κ3) is 2.39. The maximum absolute atomic E-state index is 11.9. The predicted octanol–water partition coefficient (Wildman–Crippen LogP) is 1.03. The van der Waals surface area contributed by atoms with Gasteiger partial charge in [-0.15, -0.1) is 0 Å². The first-order valence-electron chi connectivity index (χ1n) is 5.64. The summed E-state index contributed by atoms with van der Waals surface area (Å²) in [5.41, 5.74) is -0.107. The second kappa shape index (κ2) is 4.71. The number of ether oxygens (including phenoxy) is 1. The van der Waals surface area contributed by atoms with Crippen molar-refractivity contribution in [2.24, 2.45) is 0 Å². The smallest absolute Gasteiger partial charge is 0.341 e. The van der Waals surface area contributed by atoms with Crippen LogP contribution >= 0.6 is 0 Å². The summed E-state index contributed by atoms with van der Waals surface area (Å²) in [6, 6.07) is 1.65. The zero-order valence-electron chi connectivity index (χ0n) is 9.68. The lowest BCUT2D eigenvalue weighted by Crippen LogP contribution is -2.30. The van der Waals surface area contributed by atoms with Gasteiger partial charge in [-0.3, -0.25) is 4.79 Å². The van der Waals surface area contributed by atoms with Crippen molar-refractivity contribution >= 4 is 5.97 Å². The highest BCUT2D eigenvalue weighted by Gasteiger charge is 2.19. The quantitative estimate of drug-likeness (QED) is 0.852. The lowest BCUT2D eigenvalue weighted by Gasteiger charge is -2.12. The predicted molar refractivity (Wildman–Crippen MR) is 61.4 cm³/mol. The lowest BCUT2D eigenvalue weighted by molar-refractivity contribution is 0.0690. The van der Waals surface area contributed by atoms with Gasteiger partial charge in [0.15, 0.2) is 0 Å². The Bertz CT molecular complexity index is 486. The van der Waals surface area contributed by atoms with Gasteiger partial charge in [-0.1, -0.05) is 0 Å². The summed E-state index contributed by atoms with van der Waals surface area (Å²) in [4.78, 5) is 22.9. The van der Waals surface area contributed by atoms with Crippen LogP contribution in [-0.2, 0) is 11.3 Å². The summed E-state index contributed by atoms with van der Waals surface area (Å²) in [6.07, 6.45) is 3.57. The van der Waals surface area contributed by atoms with Gasteiger partial charge in [-0.2, -0.15) is 0 Å². The summed E-state index contributed by atoms with van der Waals surface area (Å²) < 4.78 is 6.86. The molecule has 0 amide bonds. The molecule has 1 aromatic heterocycles. The molecule has 1 N–H and O–H groups in total. The maximum atomic E-state index is 11.9. The molecule has 2 heterocycles. The van der Waals surface area contributed by atoms with E-state index >= 15 is 0 Å². The molecule has 1 aliphatic heterocycles. The Hall–Kier alpha value is -1.62. The molecule has 0 aromatic carbocycles. The molecule has 92 valence electrons. The molecule has 0 saturated carbocycles. The Morgan fingerprint density at radius 1 is 1.65 bits per heavy atom. The second-order valence-electron chi connectivity index (χ2n) is 4.27. The number of carbonyl (C=O) groups is 1. The minimum absolute atomic E-state index is 0.0250. The van der Waals surface area contributed by atoms with Crippen molar-refractivity contribution in [3.63, 3.8) is 0 Å². The van der Waals surface area contributed by atoms with Gasteiger partial charge in [0.25, 0.3) is 5.56 Å². The Kier molecular flexibility index (Phi) is 3.28. The highest BCUT2D eigenvalue weighted by Crippen LogP contribution is 2.13. The summed E-state index contributed by atoms with van der Waals surface area (Å²) in [5.74, 6) is -1.17. The SMILES string of the molecule is Cc1ccn(CC2CCCO2)c(=O)c1C(=O)O. The van der Waals surface area contributed by atoms with Crippen LogP contribution < -0.4 is 5.56 Å². The molecule has 0 bridgehead atoms. The molecule has 5 nitrogen and oxygen atoms in total. The molecule has 0 radical (unpaired) electrons. The summed E-state index contributed by atoms with van der Waals surface area (Å²) in [5, 5.41) is 8.99. The molecule has 1 fully saturated rings. The van der Waals surface area contributed by atoms with Gasteiger partial charge in [0.05, 0.1) is 12.6 Å². The Morgan fingerprint density at radius 3 is 3.00 bits per heavy atom. The van der Waals surface area contributed by atoms with E-state index < -0.39 is 11.5 Å². The van der Waals surface area contributed by atoms with Crippen LogP contribution in [0.15, 0.2) is 17.1 Å². The van der Waals surface area contributed by atoms with E-state index in [-0.39, 0.29) is 11.7 Å². The minimum Gasteiger partial charge on any atom is -0.477 e. The van der Waals surface area contributed by atoms with Crippen LogP contribution in [0.1, 0.15) is 28.8 Å². The molecule has 5 heteroatoms.